The van der Waals surface area contributed by atoms with Crippen LogP contribution in [0.5, 0.6) is 5.75 Å². The van der Waals surface area contributed by atoms with Crippen molar-refractivity contribution in [1.29, 1.82) is 0 Å². The van der Waals surface area contributed by atoms with E-state index < -0.39 is 57.9 Å². The van der Waals surface area contributed by atoms with Crippen molar-refractivity contribution in [3.63, 3.8) is 0 Å². The summed E-state index contributed by atoms with van der Waals surface area (Å²) in [4.78, 5) is 40.5. The van der Waals surface area contributed by atoms with Gasteiger partial charge in [-0.05, 0) is 57.3 Å². The number of ketones is 3. The molecule has 0 saturated carbocycles. The minimum atomic E-state index is -2.54. The predicted molar refractivity (Wildman–Crippen MR) is 115 cm³/mol. The molecule has 0 aromatic heterocycles. The number of aliphatic hydroxyl groups is 3. The zero-order valence-electron chi connectivity index (χ0n) is 18.6. The second-order valence-corrected chi connectivity index (χ2v) is 9.34. The smallest absolute Gasteiger partial charge is 0.209 e. The summed E-state index contributed by atoms with van der Waals surface area (Å²) >= 11 is 0. The fraction of sp³-hybridized carbons (Fsp3) is 0.458. The molecular weight excluding hydrogens is 414 g/mol. The largest absolute Gasteiger partial charge is 0.510 e. The first-order chi connectivity index (χ1) is 14.8. The minimum Gasteiger partial charge on any atom is -0.510 e. The van der Waals surface area contributed by atoms with Crippen molar-refractivity contribution >= 4 is 17.3 Å². The van der Waals surface area contributed by atoms with Crippen LogP contribution in [0.2, 0.25) is 0 Å². The number of phenols is 1. The summed E-state index contributed by atoms with van der Waals surface area (Å²) in [5, 5.41) is 44.2. The van der Waals surface area contributed by atoms with Crippen molar-refractivity contribution in [3.8, 4) is 5.75 Å². The van der Waals surface area contributed by atoms with E-state index in [2.05, 4.69) is 0 Å². The van der Waals surface area contributed by atoms with E-state index in [0.717, 1.165) is 6.92 Å². The number of hydrogen-bond donors (Lipinski definition) is 4. The molecule has 0 radical (unpaired) electrons. The molecule has 0 fully saturated rings. The summed E-state index contributed by atoms with van der Waals surface area (Å²) in [6.07, 6.45) is 0.112. The summed E-state index contributed by atoms with van der Waals surface area (Å²) in [5.74, 6) is -5.80. The quantitative estimate of drug-likeness (QED) is 0.513. The number of phenolic OH excluding ortho intramolecular Hbond substituents is 1. The molecule has 32 heavy (non-hydrogen) atoms. The molecule has 8 nitrogen and oxygen atoms in total. The molecule has 5 atom stereocenters. The molecule has 1 aromatic carbocycles. The summed E-state index contributed by atoms with van der Waals surface area (Å²) < 4.78 is 0. The number of fused-ring (bicyclic) bond motifs is 3. The average molecular weight is 441 g/mol. The Kier molecular flexibility index (Phi) is 4.87. The van der Waals surface area contributed by atoms with Gasteiger partial charge in [0, 0.05) is 11.5 Å². The van der Waals surface area contributed by atoms with Crippen molar-refractivity contribution in [3.05, 3.63) is 51.5 Å². The standard InChI is InChI=1S/C24H27NO7/c1-9-6-7-12-10(2)13-8-14-18(25(4)5)21(29)15(11(3)26)22(30)24(14,32)23(31)17(13)20(28)16(12)19(9)27/h6-7,10,13-14,18,27,29,31-32H,8H2,1-5H3. The molecule has 0 saturated heterocycles. The van der Waals surface area contributed by atoms with Gasteiger partial charge < -0.3 is 20.4 Å². The van der Waals surface area contributed by atoms with Crippen molar-refractivity contribution in [2.45, 2.75) is 44.8 Å². The first-order valence-corrected chi connectivity index (χ1v) is 10.5. The highest BCUT2D eigenvalue weighted by molar-refractivity contribution is 6.25. The third-order valence-corrected chi connectivity index (χ3v) is 7.41. The number of aryl methyl sites for hydroxylation is 1. The highest BCUT2D eigenvalue weighted by Gasteiger charge is 2.63. The Morgan fingerprint density at radius 1 is 1.16 bits per heavy atom. The zero-order valence-corrected chi connectivity index (χ0v) is 18.6. The second-order valence-electron chi connectivity index (χ2n) is 9.34. The van der Waals surface area contributed by atoms with E-state index in [1.165, 1.54) is 0 Å². The molecule has 0 aliphatic heterocycles. The van der Waals surface area contributed by atoms with Crippen LogP contribution in [0.4, 0.5) is 0 Å². The number of carbonyl (C=O) groups is 3. The van der Waals surface area contributed by atoms with Crippen molar-refractivity contribution < 1.29 is 34.8 Å². The van der Waals surface area contributed by atoms with Gasteiger partial charge in [-0.25, -0.2) is 0 Å². The summed E-state index contributed by atoms with van der Waals surface area (Å²) in [5.41, 5.74) is -2.08. The first-order valence-electron chi connectivity index (χ1n) is 10.5. The zero-order chi connectivity index (χ0) is 23.9. The summed E-state index contributed by atoms with van der Waals surface area (Å²) in [6.45, 7) is 4.60. The van der Waals surface area contributed by atoms with Gasteiger partial charge in [0.2, 0.25) is 5.78 Å². The maximum Gasteiger partial charge on any atom is 0.209 e. The lowest BCUT2D eigenvalue weighted by atomic mass is 9.56. The second kappa shape index (κ2) is 7.02. The van der Waals surface area contributed by atoms with Crippen molar-refractivity contribution in [2.75, 3.05) is 14.1 Å². The van der Waals surface area contributed by atoms with Crippen LogP contribution in [0.15, 0.2) is 34.8 Å². The number of carbonyl (C=O) groups excluding carboxylic acids is 3. The maximum absolute atomic E-state index is 13.5. The lowest BCUT2D eigenvalue weighted by Gasteiger charge is -2.51. The molecular formula is C24H27NO7. The van der Waals surface area contributed by atoms with Gasteiger partial charge in [0.05, 0.1) is 11.6 Å². The van der Waals surface area contributed by atoms with Crippen LogP contribution >= 0.6 is 0 Å². The van der Waals surface area contributed by atoms with Crippen LogP contribution in [0.25, 0.3) is 0 Å². The third kappa shape index (κ3) is 2.59. The highest BCUT2D eigenvalue weighted by atomic mass is 16.3. The van der Waals surface area contributed by atoms with Crippen molar-refractivity contribution in [1.82, 2.24) is 4.90 Å². The van der Waals surface area contributed by atoms with Crippen LogP contribution in [-0.2, 0) is 9.59 Å². The van der Waals surface area contributed by atoms with E-state index >= 15 is 0 Å². The molecule has 5 unspecified atom stereocenters. The van der Waals surface area contributed by atoms with E-state index in [1.807, 2.05) is 6.92 Å². The number of benzene rings is 1. The van der Waals surface area contributed by atoms with E-state index in [0.29, 0.717) is 11.1 Å². The number of aliphatic hydroxyl groups excluding tert-OH is 2. The normalized spacial score (nSPS) is 32.1. The van der Waals surface area contributed by atoms with Gasteiger partial charge in [-0.3, -0.25) is 19.3 Å². The van der Waals surface area contributed by atoms with Crippen molar-refractivity contribution in [2.24, 2.45) is 11.8 Å². The van der Waals surface area contributed by atoms with Crippen LogP contribution in [0.3, 0.4) is 0 Å². The average Bonchev–Trinajstić information content (AvgIpc) is 2.70. The molecule has 0 heterocycles. The Hall–Kier alpha value is -2.97. The number of aromatic hydroxyl groups is 1. The van der Waals surface area contributed by atoms with Crippen LogP contribution < -0.4 is 0 Å². The van der Waals surface area contributed by atoms with E-state index in [-0.39, 0.29) is 29.2 Å². The molecule has 0 spiro atoms. The minimum absolute atomic E-state index is 0.0509. The molecule has 1 aromatic rings. The Morgan fingerprint density at radius 2 is 1.78 bits per heavy atom. The lowest BCUT2D eigenvalue weighted by Crippen LogP contribution is -2.63. The predicted octanol–water partition coefficient (Wildman–Crippen LogP) is 2.09. The monoisotopic (exact) mass is 441 g/mol. The van der Waals surface area contributed by atoms with Crippen LogP contribution in [0.1, 0.15) is 47.7 Å². The first kappa shape index (κ1) is 22.2. The third-order valence-electron chi connectivity index (χ3n) is 7.41. The molecule has 0 bridgehead atoms. The summed E-state index contributed by atoms with van der Waals surface area (Å²) in [7, 11) is 3.27. The Balaban J connectivity index is 2.01. The SMILES string of the molecule is CC(=O)C1=C(O)C(N(C)C)C2CC3C(=C(O)C2(O)C1=O)C(=O)c1c(ccc(C)c1O)C3C. The Labute approximate surface area is 185 Å². The van der Waals surface area contributed by atoms with E-state index in [4.69, 9.17) is 0 Å². The van der Waals surface area contributed by atoms with Crippen LogP contribution in [-0.4, -0.2) is 68.4 Å². The number of rotatable bonds is 2. The van der Waals surface area contributed by atoms with E-state index in [1.54, 1.807) is 38.1 Å². The fourth-order valence-corrected chi connectivity index (χ4v) is 5.75. The van der Waals surface area contributed by atoms with Gasteiger partial charge in [0.25, 0.3) is 0 Å². The fourth-order valence-electron chi connectivity index (χ4n) is 5.75. The number of hydrogen-bond acceptors (Lipinski definition) is 8. The Bertz CT molecular complexity index is 1150. The van der Waals surface area contributed by atoms with Gasteiger partial charge in [-0.1, -0.05) is 19.1 Å². The Morgan fingerprint density at radius 3 is 2.34 bits per heavy atom. The van der Waals surface area contributed by atoms with Crippen LogP contribution in [0, 0.1) is 18.8 Å². The highest BCUT2D eigenvalue weighted by Crippen LogP contribution is 2.55. The number of allylic oxidation sites excluding steroid dienone is 1. The maximum atomic E-state index is 13.5. The van der Waals surface area contributed by atoms with Gasteiger partial charge >= 0.3 is 0 Å². The van der Waals surface area contributed by atoms with Gasteiger partial charge in [0.15, 0.2) is 17.2 Å². The van der Waals surface area contributed by atoms with Gasteiger partial charge in [0.1, 0.15) is 22.8 Å². The summed E-state index contributed by atoms with van der Waals surface area (Å²) in [6, 6.07) is 2.56. The number of nitrogens with zero attached hydrogens (tertiary/aromatic N) is 1. The van der Waals surface area contributed by atoms with Gasteiger partial charge in [-0.15, -0.1) is 0 Å². The molecule has 4 rings (SSSR count). The molecule has 3 aliphatic rings. The topological polar surface area (TPSA) is 135 Å². The lowest BCUT2D eigenvalue weighted by molar-refractivity contribution is -0.148. The number of likely N-dealkylation sites (N-methyl/N-ethyl adjacent to an activating group) is 1. The molecule has 3 aliphatic carbocycles. The molecule has 0 amide bonds. The molecule has 170 valence electrons. The number of Topliss-reactive ketones (excluding diaryl/α,β-unsaturated/α-hetero) is 3. The van der Waals surface area contributed by atoms with E-state index in [9.17, 15) is 34.8 Å². The molecule has 8 heteroatoms. The van der Waals surface area contributed by atoms with Gasteiger partial charge in [-0.2, -0.15) is 0 Å². The molecule has 4 N–H and O–H groups in total.